The number of amides is 1. The third-order valence-corrected chi connectivity index (χ3v) is 5.51. The summed E-state index contributed by atoms with van der Waals surface area (Å²) in [6, 6.07) is 9.35. The van der Waals surface area contributed by atoms with E-state index in [2.05, 4.69) is 0 Å². The molecule has 0 saturated heterocycles. The third kappa shape index (κ3) is 2.52. The molecule has 0 aliphatic carbocycles. The van der Waals surface area contributed by atoms with Crippen LogP contribution in [0.3, 0.4) is 0 Å². The molecule has 1 aromatic heterocycles. The van der Waals surface area contributed by atoms with E-state index in [-0.39, 0.29) is 10.6 Å². The van der Waals surface area contributed by atoms with Gasteiger partial charge in [-0.05, 0) is 53.8 Å². The minimum atomic E-state index is -3.81. The van der Waals surface area contributed by atoms with E-state index in [1.54, 1.807) is 12.1 Å². The maximum atomic E-state index is 12.5. The molecular weight excluding hydrogens is 379 g/mol. The first-order valence-corrected chi connectivity index (χ1v) is 7.85. The Kier molecular flexibility index (Phi) is 3.68. The van der Waals surface area contributed by atoms with Crippen molar-refractivity contribution in [2.24, 2.45) is 5.73 Å². The molecule has 100 valence electrons. The third-order valence-electron chi connectivity index (χ3n) is 2.60. The number of benzene rings is 1. The molecule has 1 aromatic carbocycles. The van der Waals surface area contributed by atoms with Crippen LogP contribution in [0.4, 0.5) is 0 Å². The summed E-state index contributed by atoms with van der Waals surface area (Å²) < 4.78 is 26.4. The first-order chi connectivity index (χ1) is 8.84. The molecule has 0 fully saturated rings. The van der Waals surface area contributed by atoms with E-state index < -0.39 is 15.9 Å². The monoisotopic (exact) mass is 390 g/mol. The summed E-state index contributed by atoms with van der Waals surface area (Å²) in [5.74, 6) is -0.779. The number of aromatic nitrogens is 1. The molecule has 7 heteroatoms. The van der Waals surface area contributed by atoms with E-state index in [9.17, 15) is 13.2 Å². The number of hydrogen-bond donors (Lipinski definition) is 1. The Hall–Kier alpha value is -1.35. The molecule has 2 rings (SSSR count). The molecule has 0 radical (unpaired) electrons. The summed E-state index contributed by atoms with van der Waals surface area (Å²) in [6.45, 7) is 1.87. The zero-order valence-electron chi connectivity index (χ0n) is 10.00. The van der Waals surface area contributed by atoms with Gasteiger partial charge in [-0.2, -0.15) is 0 Å². The van der Waals surface area contributed by atoms with Crippen molar-refractivity contribution in [2.45, 2.75) is 11.8 Å². The van der Waals surface area contributed by atoms with Crippen LogP contribution in [-0.4, -0.2) is 18.3 Å². The fourth-order valence-corrected chi connectivity index (χ4v) is 4.25. The molecule has 19 heavy (non-hydrogen) atoms. The van der Waals surface area contributed by atoms with Crippen LogP contribution < -0.4 is 5.73 Å². The number of nitrogens with zero attached hydrogens (tertiary/aromatic N) is 1. The van der Waals surface area contributed by atoms with Crippen LogP contribution in [0.5, 0.6) is 0 Å². The number of carbonyl (C=O) groups excluding carboxylic acids is 1. The van der Waals surface area contributed by atoms with Gasteiger partial charge in [-0.15, -0.1) is 0 Å². The van der Waals surface area contributed by atoms with Crippen molar-refractivity contribution >= 4 is 38.5 Å². The minimum Gasteiger partial charge on any atom is -0.364 e. The van der Waals surface area contributed by atoms with E-state index in [0.29, 0.717) is 3.70 Å². The molecule has 0 spiro atoms. The molecule has 1 heterocycles. The van der Waals surface area contributed by atoms with Crippen molar-refractivity contribution in [2.75, 3.05) is 0 Å². The van der Waals surface area contributed by atoms with Crippen LogP contribution in [0.2, 0.25) is 0 Å². The second kappa shape index (κ2) is 4.97. The van der Waals surface area contributed by atoms with Crippen molar-refractivity contribution in [1.29, 1.82) is 0 Å². The van der Waals surface area contributed by atoms with Gasteiger partial charge in [0.2, 0.25) is 0 Å². The molecule has 0 atom stereocenters. The molecule has 1 amide bonds. The lowest BCUT2D eigenvalue weighted by Gasteiger charge is -2.10. The normalized spacial score (nSPS) is 11.5. The number of nitrogens with two attached hydrogens (primary N) is 1. The lowest BCUT2D eigenvalue weighted by molar-refractivity contribution is 0.0994. The lowest BCUT2D eigenvalue weighted by Crippen LogP contribution is -2.23. The van der Waals surface area contributed by atoms with Crippen LogP contribution in [0.25, 0.3) is 0 Å². The molecular formula is C12H11IN2O3S. The highest BCUT2D eigenvalue weighted by Crippen LogP contribution is 2.21. The predicted octanol–water partition coefficient (Wildman–Crippen LogP) is 1.74. The number of aryl methyl sites for hydroxylation is 1. The minimum absolute atomic E-state index is 0.0509. The molecule has 5 nitrogen and oxygen atoms in total. The summed E-state index contributed by atoms with van der Waals surface area (Å²) in [7, 11) is -3.81. The Balaban J connectivity index is 2.66. The van der Waals surface area contributed by atoms with Gasteiger partial charge in [-0.1, -0.05) is 17.7 Å². The Morgan fingerprint density at radius 1 is 1.16 bits per heavy atom. The number of rotatable bonds is 3. The van der Waals surface area contributed by atoms with E-state index in [0.717, 1.165) is 9.54 Å². The Morgan fingerprint density at radius 2 is 1.74 bits per heavy atom. The van der Waals surface area contributed by atoms with E-state index >= 15 is 0 Å². The number of primary amides is 1. The lowest BCUT2D eigenvalue weighted by atomic mass is 10.2. The first kappa shape index (κ1) is 14.1. The largest absolute Gasteiger partial charge is 0.364 e. The average molecular weight is 390 g/mol. The SMILES string of the molecule is Cc1ccc(S(=O)(=O)n2c(I)ccc2C(N)=O)cc1. The van der Waals surface area contributed by atoms with E-state index in [1.807, 2.05) is 29.5 Å². The van der Waals surface area contributed by atoms with Gasteiger partial charge in [0.15, 0.2) is 0 Å². The second-order valence-electron chi connectivity index (χ2n) is 3.99. The Bertz CT molecular complexity index is 733. The molecule has 0 aliphatic rings. The first-order valence-electron chi connectivity index (χ1n) is 5.33. The van der Waals surface area contributed by atoms with Crippen LogP contribution in [0.1, 0.15) is 16.1 Å². The Labute approximate surface area is 124 Å². The summed E-state index contributed by atoms with van der Waals surface area (Å²) in [4.78, 5) is 11.4. The smallest absolute Gasteiger partial charge is 0.269 e. The molecule has 0 bridgehead atoms. The Morgan fingerprint density at radius 3 is 2.26 bits per heavy atom. The summed E-state index contributed by atoms with van der Waals surface area (Å²) >= 11 is 1.85. The van der Waals surface area contributed by atoms with Crippen molar-refractivity contribution in [3.8, 4) is 0 Å². The number of hydrogen-bond acceptors (Lipinski definition) is 3. The topological polar surface area (TPSA) is 82.2 Å². The van der Waals surface area contributed by atoms with Crippen LogP contribution in [-0.2, 0) is 10.0 Å². The summed E-state index contributed by atoms with van der Waals surface area (Å²) in [6.07, 6.45) is 0. The predicted molar refractivity (Wildman–Crippen MR) is 79.4 cm³/mol. The fourth-order valence-electron chi connectivity index (χ4n) is 1.64. The highest BCUT2D eigenvalue weighted by atomic mass is 127. The van der Waals surface area contributed by atoms with Gasteiger partial charge in [0.1, 0.15) is 5.69 Å². The van der Waals surface area contributed by atoms with Gasteiger partial charge >= 0.3 is 0 Å². The zero-order valence-corrected chi connectivity index (χ0v) is 13.0. The van der Waals surface area contributed by atoms with Crippen LogP contribution >= 0.6 is 22.6 Å². The molecule has 0 aliphatic heterocycles. The van der Waals surface area contributed by atoms with Gasteiger partial charge in [0.05, 0.1) is 8.60 Å². The van der Waals surface area contributed by atoms with Crippen molar-refractivity contribution in [3.63, 3.8) is 0 Å². The van der Waals surface area contributed by atoms with Crippen molar-refractivity contribution < 1.29 is 13.2 Å². The van der Waals surface area contributed by atoms with Gasteiger partial charge in [-0.3, -0.25) is 4.79 Å². The van der Waals surface area contributed by atoms with Gasteiger partial charge in [-0.25, -0.2) is 12.4 Å². The van der Waals surface area contributed by atoms with Gasteiger partial charge < -0.3 is 5.73 Å². The number of halogens is 1. The molecule has 0 saturated carbocycles. The molecule has 2 aromatic rings. The average Bonchev–Trinajstić information content (AvgIpc) is 2.72. The summed E-state index contributed by atoms with van der Waals surface area (Å²) in [5.41, 5.74) is 6.10. The van der Waals surface area contributed by atoms with Gasteiger partial charge in [0, 0.05) is 0 Å². The van der Waals surface area contributed by atoms with Gasteiger partial charge in [0.25, 0.3) is 15.9 Å². The standard InChI is InChI=1S/C12H11IN2O3S/c1-8-2-4-9(5-3-8)19(17,18)15-10(12(14)16)6-7-11(15)13/h2-7H,1H3,(H2,14,16). The van der Waals surface area contributed by atoms with Crippen molar-refractivity contribution in [3.05, 3.63) is 51.4 Å². The summed E-state index contributed by atoms with van der Waals surface area (Å²) in [5, 5.41) is 0. The highest BCUT2D eigenvalue weighted by molar-refractivity contribution is 14.1. The second-order valence-corrected chi connectivity index (χ2v) is 6.88. The maximum absolute atomic E-state index is 12.5. The van der Waals surface area contributed by atoms with E-state index in [4.69, 9.17) is 5.73 Å². The molecule has 0 unspecified atom stereocenters. The van der Waals surface area contributed by atoms with Crippen LogP contribution in [0, 0.1) is 10.6 Å². The quantitative estimate of drug-likeness (QED) is 0.811. The highest BCUT2D eigenvalue weighted by Gasteiger charge is 2.24. The molecule has 2 N–H and O–H groups in total. The van der Waals surface area contributed by atoms with Crippen LogP contribution in [0.15, 0.2) is 41.3 Å². The maximum Gasteiger partial charge on any atom is 0.269 e. The van der Waals surface area contributed by atoms with Crippen molar-refractivity contribution in [1.82, 2.24) is 3.97 Å². The van der Waals surface area contributed by atoms with E-state index in [1.165, 1.54) is 24.3 Å². The fraction of sp³-hybridized carbons (Fsp3) is 0.0833. The zero-order chi connectivity index (χ0) is 14.2. The number of carbonyl (C=O) groups is 1.